The summed E-state index contributed by atoms with van der Waals surface area (Å²) in [5.41, 5.74) is 2.38. The van der Waals surface area contributed by atoms with Gasteiger partial charge in [-0.1, -0.05) is 72.3 Å². The minimum absolute atomic E-state index is 0.0539. The second-order valence-electron chi connectivity index (χ2n) is 9.70. The highest BCUT2D eigenvalue weighted by Crippen LogP contribution is 2.34. The lowest BCUT2D eigenvalue weighted by atomic mass is 9.92. The molecular formula is C30H32ClN3O5. The van der Waals surface area contributed by atoms with Gasteiger partial charge in [-0.15, -0.1) is 0 Å². The van der Waals surface area contributed by atoms with E-state index in [1.165, 1.54) is 29.3 Å². The number of hydrogen-bond acceptors (Lipinski definition) is 5. The Morgan fingerprint density at radius 3 is 2.03 bits per heavy atom. The summed E-state index contributed by atoms with van der Waals surface area (Å²) in [6.07, 6.45) is 0. The molecule has 0 aromatic heterocycles. The van der Waals surface area contributed by atoms with Crippen LogP contribution in [0.5, 0.6) is 0 Å². The molecule has 0 aliphatic carbocycles. The fraction of sp³-hybridized carbons (Fsp3) is 0.300. The predicted molar refractivity (Wildman–Crippen MR) is 150 cm³/mol. The fourth-order valence-electron chi connectivity index (χ4n) is 5.17. The third-order valence-electron chi connectivity index (χ3n) is 6.81. The van der Waals surface area contributed by atoms with Crippen LogP contribution in [0.15, 0.2) is 78.9 Å². The summed E-state index contributed by atoms with van der Waals surface area (Å²) >= 11 is 5.85. The van der Waals surface area contributed by atoms with Crippen LogP contribution in [0.25, 0.3) is 0 Å². The molecule has 204 valence electrons. The highest BCUT2D eigenvalue weighted by molar-refractivity contribution is 6.31. The number of anilines is 1. The average Bonchev–Trinajstić information content (AvgIpc) is 2.92. The summed E-state index contributed by atoms with van der Waals surface area (Å²) in [6, 6.07) is 25.1. The monoisotopic (exact) mass is 549 g/mol. The Morgan fingerprint density at radius 1 is 0.923 bits per heavy atom. The lowest BCUT2D eigenvalue weighted by molar-refractivity contribution is -0.142. The predicted octanol–water partition coefficient (Wildman–Crippen LogP) is 4.70. The molecule has 2 atom stereocenters. The molecule has 0 spiro atoms. The zero-order chi connectivity index (χ0) is 27.9. The average molecular weight is 550 g/mol. The van der Waals surface area contributed by atoms with Crippen molar-refractivity contribution in [3.63, 3.8) is 0 Å². The van der Waals surface area contributed by atoms with Crippen molar-refractivity contribution < 1.29 is 24.2 Å². The molecule has 0 unspecified atom stereocenters. The summed E-state index contributed by atoms with van der Waals surface area (Å²) in [5.74, 6) is -1.98. The zero-order valence-corrected chi connectivity index (χ0v) is 22.7. The van der Waals surface area contributed by atoms with Crippen molar-refractivity contribution in [2.45, 2.75) is 32.0 Å². The summed E-state index contributed by atoms with van der Waals surface area (Å²) in [4.78, 5) is 41.0. The van der Waals surface area contributed by atoms with Gasteiger partial charge in [0.1, 0.15) is 13.2 Å². The van der Waals surface area contributed by atoms with E-state index in [2.05, 4.69) is 48.3 Å². The lowest BCUT2D eigenvalue weighted by Gasteiger charge is -2.48. The van der Waals surface area contributed by atoms with Crippen LogP contribution in [0.4, 0.5) is 5.69 Å². The Balaban J connectivity index is 1.35. The van der Waals surface area contributed by atoms with Gasteiger partial charge in [-0.3, -0.25) is 14.5 Å². The topological polar surface area (TPSA) is 99.2 Å². The van der Waals surface area contributed by atoms with E-state index in [1.807, 2.05) is 36.4 Å². The molecule has 0 bridgehead atoms. The number of ether oxygens (including phenoxy) is 1. The molecule has 2 N–H and O–H groups in total. The molecule has 1 aliphatic rings. The highest BCUT2D eigenvalue weighted by Gasteiger charge is 2.37. The lowest BCUT2D eigenvalue weighted by Crippen LogP contribution is -2.59. The normalized spacial score (nSPS) is 17.7. The third kappa shape index (κ3) is 7.03. The minimum Gasteiger partial charge on any atom is -0.478 e. The van der Waals surface area contributed by atoms with Crippen LogP contribution in [-0.2, 0) is 14.3 Å². The number of hydrogen-bond donors (Lipinski definition) is 2. The molecular weight excluding hydrogens is 518 g/mol. The van der Waals surface area contributed by atoms with Crippen LogP contribution >= 0.6 is 11.6 Å². The quantitative estimate of drug-likeness (QED) is 0.401. The molecule has 1 aliphatic heterocycles. The number of carboxylic acids is 1. The SMILES string of the molecule is C[C@H]1CN(C(=O)COCC(=O)Nc2ccc(Cl)cc2C(=O)O)C[C@H](C)N1C(c1ccccc1)c1ccccc1. The molecule has 9 heteroatoms. The number of carboxylic acid groups (broad SMARTS) is 1. The molecule has 8 nitrogen and oxygen atoms in total. The van der Waals surface area contributed by atoms with Crippen LogP contribution in [0.3, 0.4) is 0 Å². The molecule has 0 radical (unpaired) electrons. The van der Waals surface area contributed by atoms with E-state index in [4.69, 9.17) is 16.3 Å². The van der Waals surface area contributed by atoms with Crippen LogP contribution in [-0.4, -0.2) is 71.1 Å². The number of rotatable bonds is 9. The molecule has 39 heavy (non-hydrogen) atoms. The summed E-state index contributed by atoms with van der Waals surface area (Å²) < 4.78 is 5.40. The minimum atomic E-state index is -1.21. The Labute approximate surface area is 233 Å². The maximum atomic E-state index is 13.0. The molecule has 3 aromatic rings. The maximum Gasteiger partial charge on any atom is 0.337 e. The number of piperazine rings is 1. The highest BCUT2D eigenvalue weighted by atomic mass is 35.5. The molecule has 1 heterocycles. The van der Waals surface area contributed by atoms with Gasteiger partial charge in [-0.05, 0) is 43.2 Å². The van der Waals surface area contributed by atoms with E-state index in [0.29, 0.717) is 13.1 Å². The number of carbonyl (C=O) groups is 3. The second kappa shape index (κ2) is 12.9. The largest absolute Gasteiger partial charge is 0.478 e. The van der Waals surface area contributed by atoms with Crippen LogP contribution < -0.4 is 5.32 Å². The number of halogens is 1. The van der Waals surface area contributed by atoms with Crippen molar-refractivity contribution in [1.29, 1.82) is 0 Å². The number of benzene rings is 3. The molecule has 1 saturated heterocycles. The summed E-state index contributed by atoms with van der Waals surface area (Å²) in [7, 11) is 0. The maximum absolute atomic E-state index is 13.0. The standard InChI is InChI=1S/C30H32ClN3O5/c1-20-16-33(28(36)19-39-18-27(35)32-26-14-13-24(31)15-25(26)30(37)38)17-21(2)34(20)29(22-9-5-3-6-10-22)23-11-7-4-8-12-23/h3-15,20-21,29H,16-19H2,1-2H3,(H,32,35)(H,37,38)/t20-,21-/m0/s1. The zero-order valence-electron chi connectivity index (χ0n) is 21.9. The first kappa shape index (κ1) is 28.3. The van der Waals surface area contributed by atoms with Gasteiger partial charge in [0.25, 0.3) is 0 Å². The van der Waals surface area contributed by atoms with E-state index in [1.54, 1.807) is 4.90 Å². The van der Waals surface area contributed by atoms with E-state index in [9.17, 15) is 19.5 Å². The first-order valence-electron chi connectivity index (χ1n) is 12.8. The van der Waals surface area contributed by atoms with Crippen LogP contribution in [0.2, 0.25) is 5.02 Å². The fourth-order valence-corrected chi connectivity index (χ4v) is 5.34. The van der Waals surface area contributed by atoms with Crippen molar-refractivity contribution in [1.82, 2.24) is 9.80 Å². The van der Waals surface area contributed by atoms with Gasteiger partial charge in [0.2, 0.25) is 11.8 Å². The van der Waals surface area contributed by atoms with Gasteiger partial charge in [0.05, 0.1) is 17.3 Å². The van der Waals surface area contributed by atoms with Gasteiger partial charge in [-0.2, -0.15) is 0 Å². The number of amides is 2. The molecule has 3 aromatic carbocycles. The third-order valence-corrected chi connectivity index (χ3v) is 7.05. The Bertz CT molecular complexity index is 1250. The summed E-state index contributed by atoms with van der Waals surface area (Å²) in [6.45, 7) is 4.66. The van der Waals surface area contributed by atoms with Gasteiger partial charge in [-0.25, -0.2) is 4.79 Å². The van der Waals surface area contributed by atoms with E-state index >= 15 is 0 Å². The Hall–Kier alpha value is -3.72. The molecule has 1 fully saturated rings. The number of nitrogens with one attached hydrogen (secondary N) is 1. The molecule has 2 amide bonds. The van der Waals surface area contributed by atoms with Crippen molar-refractivity contribution in [2.75, 3.05) is 31.6 Å². The second-order valence-corrected chi connectivity index (χ2v) is 10.1. The Kier molecular flexibility index (Phi) is 9.35. The number of nitrogens with zero attached hydrogens (tertiary/aromatic N) is 2. The van der Waals surface area contributed by atoms with Crippen molar-refractivity contribution in [3.05, 3.63) is 101 Å². The van der Waals surface area contributed by atoms with Gasteiger partial charge < -0.3 is 20.1 Å². The van der Waals surface area contributed by atoms with E-state index in [0.717, 1.165) is 0 Å². The van der Waals surface area contributed by atoms with E-state index < -0.39 is 11.9 Å². The molecule has 4 rings (SSSR count). The number of carbonyl (C=O) groups excluding carboxylic acids is 2. The van der Waals surface area contributed by atoms with Crippen molar-refractivity contribution >= 4 is 35.1 Å². The van der Waals surface area contributed by atoms with Crippen molar-refractivity contribution in [3.8, 4) is 0 Å². The molecule has 0 saturated carbocycles. The van der Waals surface area contributed by atoms with Crippen LogP contribution in [0, 0.1) is 0 Å². The van der Waals surface area contributed by atoms with Gasteiger partial charge in [0, 0.05) is 30.2 Å². The number of aromatic carboxylic acids is 1. The van der Waals surface area contributed by atoms with E-state index in [-0.39, 0.29) is 53.5 Å². The van der Waals surface area contributed by atoms with Gasteiger partial charge in [0.15, 0.2) is 0 Å². The Morgan fingerprint density at radius 2 is 1.49 bits per heavy atom. The van der Waals surface area contributed by atoms with Crippen LogP contribution in [0.1, 0.15) is 41.4 Å². The summed E-state index contributed by atoms with van der Waals surface area (Å²) in [5, 5.41) is 12.1. The van der Waals surface area contributed by atoms with Crippen molar-refractivity contribution in [2.24, 2.45) is 0 Å². The van der Waals surface area contributed by atoms with Gasteiger partial charge >= 0.3 is 5.97 Å². The first-order valence-corrected chi connectivity index (χ1v) is 13.2. The first-order chi connectivity index (χ1) is 18.7. The smallest absolute Gasteiger partial charge is 0.337 e.